The molecule has 72 valence electrons. The minimum Gasteiger partial charge on any atom is -0.477 e. The van der Waals surface area contributed by atoms with Crippen LogP contribution < -0.4 is 10.1 Å². The third-order valence-electron chi connectivity index (χ3n) is 1.54. The summed E-state index contributed by atoms with van der Waals surface area (Å²) in [5.41, 5.74) is 0.883. The van der Waals surface area contributed by atoms with Crippen LogP contribution in [-0.2, 0) is 0 Å². The highest BCUT2D eigenvalue weighted by Crippen LogP contribution is 2.24. The summed E-state index contributed by atoms with van der Waals surface area (Å²) in [5.74, 6) is 0.502. The number of ether oxygens (including phenoxy) is 1. The highest BCUT2D eigenvalue weighted by atomic mass is 35.5. The number of pyridine rings is 1. The lowest BCUT2D eigenvalue weighted by Gasteiger charge is -2.06. The monoisotopic (exact) mass is 200 g/mol. The number of hydrogen-bond donors (Lipinski definition) is 1. The molecule has 4 heteroatoms. The van der Waals surface area contributed by atoms with E-state index in [1.807, 2.05) is 14.0 Å². The van der Waals surface area contributed by atoms with Gasteiger partial charge in [0.05, 0.1) is 18.5 Å². The molecular formula is C9H13ClN2O. The fourth-order valence-electron chi connectivity index (χ4n) is 0.867. The molecule has 1 heterocycles. The Labute approximate surface area is 83.1 Å². The van der Waals surface area contributed by atoms with E-state index in [0.29, 0.717) is 17.5 Å². The molecular weight excluding hydrogens is 188 g/mol. The molecule has 3 nitrogen and oxygen atoms in total. The van der Waals surface area contributed by atoms with Crippen LogP contribution in [0.4, 0.5) is 5.69 Å². The molecule has 0 saturated carbocycles. The van der Waals surface area contributed by atoms with Crippen LogP contribution in [0.25, 0.3) is 0 Å². The first-order chi connectivity index (χ1) is 6.27. The summed E-state index contributed by atoms with van der Waals surface area (Å²) in [6, 6.07) is 1.79. The van der Waals surface area contributed by atoms with Crippen LogP contribution in [0, 0.1) is 0 Å². The van der Waals surface area contributed by atoms with E-state index < -0.39 is 0 Å². The SMILES string of the molecule is CCCOc1ncc(NC)cc1Cl. The lowest BCUT2D eigenvalue weighted by Crippen LogP contribution is -1.98. The zero-order chi connectivity index (χ0) is 9.68. The first-order valence-corrected chi connectivity index (χ1v) is 4.61. The molecule has 0 spiro atoms. The Bertz CT molecular complexity index is 278. The van der Waals surface area contributed by atoms with Crippen molar-refractivity contribution in [1.29, 1.82) is 0 Å². The van der Waals surface area contributed by atoms with Gasteiger partial charge in [-0.25, -0.2) is 4.98 Å². The summed E-state index contributed by atoms with van der Waals surface area (Å²) < 4.78 is 5.31. The Kier molecular flexibility index (Phi) is 3.83. The van der Waals surface area contributed by atoms with Gasteiger partial charge in [-0.2, -0.15) is 0 Å². The van der Waals surface area contributed by atoms with Gasteiger partial charge in [-0.05, 0) is 12.5 Å². The molecule has 0 unspecified atom stereocenters. The molecule has 0 radical (unpaired) electrons. The first kappa shape index (κ1) is 10.1. The van der Waals surface area contributed by atoms with E-state index in [0.717, 1.165) is 12.1 Å². The quantitative estimate of drug-likeness (QED) is 0.811. The molecule has 0 saturated heterocycles. The summed E-state index contributed by atoms with van der Waals surface area (Å²) >= 11 is 5.92. The van der Waals surface area contributed by atoms with Crippen molar-refractivity contribution < 1.29 is 4.74 Å². The highest BCUT2D eigenvalue weighted by molar-refractivity contribution is 6.32. The summed E-state index contributed by atoms with van der Waals surface area (Å²) in [4.78, 5) is 4.07. The largest absolute Gasteiger partial charge is 0.477 e. The molecule has 1 aromatic rings. The topological polar surface area (TPSA) is 34.1 Å². The molecule has 0 bridgehead atoms. The van der Waals surface area contributed by atoms with Gasteiger partial charge in [0.1, 0.15) is 5.02 Å². The van der Waals surface area contributed by atoms with Crippen molar-refractivity contribution in [2.75, 3.05) is 19.0 Å². The van der Waals surface area contributed by atoms with Crippen LogP contribution in [-0.4, -0.2) is 18.6 Å². The maximum atomic E-state index is 5.92. The summed E-state index contributed by atoms with van der Waals surface area (Å²) in [5, 5.41) is 3.49. The van der Waals surface area contributed by atoms with E-state index in [-0.39, 0.29) is 0 Å². The van der Waals surface area contributed by atoms with E-state index in [1.54, 1.807) is 12.3 Å². The van der Waals surface area contributed by atoms with Gasteiger partial charge in [-0.3, -0.25) is 0 Å². The van der Waals surface area contributed by atoms with Crippen LogP contribution in [0.1, 0.15) is 13.3 Å². The van der Waals surface area contributed by atoms with Crippen molar-refractivity contribution in [2.24, 2.45) is 0 Å². The first-order valence-electron chi connectivity index (χ1n) is 4.24. The molecule has 0 atom stereocenters. The molecule has 1 N–H and O–H groups in total. The Hall–Kier alpha value is -0.960. The van der Waals surface area contributed by atoms with Gasteiger partial charge in [0.25, 0.3) is 0 Å². The average Bonchev–Trinajstić information content (AvgIpc) is 2.16. The van der Waals surface area contributed by atoms with Crippen molar-refractivity contribution in [3.63, 3.8) is 0 Å². The fourth-order valence-corrected chi connectivity index (χ4v) is 1.09. The van der Waals surface area contributed by atoms with Crippen molar-refractivity contribution in [3.05, 3.63) is 17.3 Å². The maximum absolute atomic E-state index is 5.92. The van der Waals surface area contributed by atoms with Gasteiger partial charge in [-0.15, -0.1) is 0 Å². The zero-order valence-electron chi connectivity index (χ0n) is 7.80. The van der Waals surface area contributed by atoms with Gasteiger partial charge in [0.15, 0.2) is 0 Å². The molecule has 13 heavy (non-hydrogen) atoms. The van der Waals surface area contributed by atoms with Crippen molar-refractivity contribution in [2.45, 2.75) is 13.3 Å². The molecule has 0 amide bonds. The second-order valence-electron chi connectivity index (χ2n) is 2.61. The van der Waals surface area contributed by atoms with Crippen LogP contribution in [0.5, 0.6) is 5.88 Å². The summed E-state index contributed by atoms with van der Waals surface area (Å²) in [7, 11) is 1.82. The zero-order valence-corrected chi connectivity index (χ0v) is 8.56. The summed E-state index contributed by atoms with van der Waals surface area (Å²) in [6.45, 7) is 2.68. The lowest BCUT2D eigenvalue weighted by molar-refractivity contribution is 0.305. The minimum atomic E-state index is 0.502. The Morgan fingerprint density at radius 1 is 1.62 bits per heavy atom. The fraction of sp³-hybridized carbons (Fsp3) is 0.444. The number of anilines is 1. The Morgan fingerprint density at radius 2 is 2.38 bits per heavy atom. The molecule has 1 aromatic heterocycles. The van der Waals surface area contributed by atoms with Crippen LogP contribution >= 0.6 is 11.6 Å². The molecule has 1 rings (SSSR count). The molecule has 0 aliphatic heterocycles. The lowest BCUT2D eigenvalue weighted by atomic mass is 10.4. The van der Waals surface area contributed by atoms with E-state index in [1.165, 1.54) is 0 Å². The van der Waals surface area contributed by atoms with E-state index in [2.05, 4.69) is 10.3 Å². The normalized spacial score (nSPS) is 9.77. The van der Waals surface area contributed by atoms with Crippen molar-refractivity contribution in [1.82, 2.24) is 4.98 Å². The molecule has 0 fully saturated rings. The number of nitrogens with zero attached hydrogens (tertiary/aromatic N) is 1. The van der Waals surface area contributed by atoms with E-state index in [9.17, 15) is 0 Å². The van der Waals surface area contributed by atoms with Crippen LogP contribution in [0.3, 0.4) is 0 Å². The molecule has 0 aromatic carbocycles. The number of rotatable bonds is 4. The number of aromatic nitrogens is 1. The number of nitrogens with one attached hydrogen (secondary N) is 1. The van der Waals surface area contributed by atoms with Gasteiger partial charge in [0, 0.05) is 7.05 Å². The van der Waals surface area contributed by atoms with Gasteiger partial charge in [-0.1, -0.05) is 18.5 Å². The molecule has 0 aliphatic rings. The van der Waals surface area contributed by atoms with E-state index in [4.69, 9.17) is 16.3 Å². The predicted octanol–water partition coefficient (Wildman–Crippen LogP) is 2.57. The van der Waals surface area contributed by atoms with Gasteiger partial charge < -0.3 is 10.1 Å². The van der Waals surface area contributed by atoms with Gasteiger partial charge in [0.2, 0.25) is 5.88 Å². The highest BCUT2D eigenvalue weighted by Gasteiger charge is 2.02. The average molecular weight is 201 g/mol. The van der Waals surface area contributed by atoms with E-state index >= 15 is 0 Å². The predicted molar refractivity (Wildman–Crippen MR) is 54.6 cm³/mol. The van der Waals surface area contributed by atoms with Crippen molar-refractivity contribution >= 4 is 17.3 Å². The Morgan fingerprint density at radius 3 is 2.92 bits per heavy atom. The minimum absolute atomic E-state index is 0.502. The smallest absolute Gasteiger partial charge is 0.232 e. The maximum Gasteiger partial charge on any atom is 0.232 e. The second-order valence-corrected chi connectivity index (χ2v) is 3.02. The third kappa shape index (κ3) is 2.77. The van der Waals surface area contributed by atoms with Crippen LogP contribution in [0.2, 0.25) is 5.02 Å². The standard InChI is InChI=1S/C9H13ClN2O/c1-3-4-13-9-8(10)5-7(11-2)6-12-9/h5-6,11H,3-4H2,1-2H3. The van der Waals surface area contributed by atoms with Crippen LogP contribution in [0.15, 0.2) is 12.3 Å². The van der Waals surface area contributed by atoms with Gasteiger partial charge >= 0.3 is 0 Å². The number of hydrogen-bond acceptors (Lipinski definition) is 3. The van der Waals surface area contributed by atoms with Crippen molar-refractivity contribution in [3.8, 4) is 5.88 Å². The third-order valence-corrected chi connectivity index (χ3v) is 1.81. The number of halogens is 1. The summed E-state index contributed by atoms with van der Waals surface area (Å²) in [6.07, 6.45) is 2.64. The second kappa shape index (κ2) is 4.92. The Balaban J connectivity index is 2.73. The molecule has 0 aliphatic carbocycles.